The molecular formula is C10H10ClN3O3S. The van der Waals surface area contributed by atoms with Gasteiger partial charge in [0, 0.05) is 17.0 Å². The molecule has 0 bridgehead atoms. The van der Waals surface area contributed by atoms with Crippen LogP contribution < -0.4 is 5.32 Å². The minimum Gasteiger partial charge on any atom is -0.394 e. The summed E-state index contributed by atoms with van der Waals surface area (Å²) in [6.07, 6.45) is 0.995. The molecule has 8 heteroatoms. The molecule has 1 aromatic heterocycles. The molecule has 0 saturated heterocycles. The number of rotatable bonds is 3. The van der Waals surface area contributed by atoms with Crippen LogP contribution in [0, 0.1) is 6.92 Å². The maximum Gasteiger partial charge on any atom is 0.336 e. The molecule has 0 radical (unpaired) electrons. The molecule has 2 rings (SSSR count). The van der Waals surface area contributed by atoms with Gasteiger partial charge in [0.2, 0.25) is 9.84 Å². The monoisotopic (exact) mass is 287 g/mol. The standard InChI is InChI=1S/C10H10ClN3O3S/c1-6-7(11)4-3-5-8(6)12-9-13-14-10(17-9)18(2,15)16/h3-5H,1-2H3,(H,12,13). The molecule has 0 aliphatic rings. The molecule has 0 aliphatic carbocycles. The van der Waals surface area contributed by atoms with E-state index in [1.807, 2.05) is 6.92 Å². The Morgan fingerprint density at radius 3 is 2.67 bits per heavy atom. The van der Waals surface area contributed by atoms with Crippen molar-refractivity contribution in [3.8, 4) is 0 Å². The van der Waals surface area contributed by atoms with Crippen LogP contribution >= 0.6 is 11.6 Å². The molecular weight excluding hydrogens is 278 g/mol. The predicted octanol–water partition coefficient (Wildman–Crippen LogP) is 2.18. The van der Waals surface area contributed by atoms with Crippen molar-refractivity contribution < 1.29 is 12.8 Å². The highest BCUT2D eigenvalue weighted by Crippen LogP contribution is 2.25. The Kier molecular flexibility index (Phi) is 3.27. The molecule has 6 nitrogen and oxygen atoms in total. The maximum atomic E-state index is 11.2. The lowest BCUT2D eigenvalue weighted by Crippen LogP contribution is -1.96. The lowest BCUT2D eigenvalue weighted by atomic mass is 10.2. The van der Waals surface area contributed by atoms with Crippen LogP contribution in [0.2, 0.25) is 5.02 Å². The Hall–Kier alpha value is -1.60. The van der Waals surface area contributed by atoms with Gasteiger partial charge in [-0.25, -0.2) is 8.42 Å². The largest absolute Gasteiger partial charge is 0.394 e. The van der Waals surface area contributed by atoms with Gasteiger partial charge >= 0.3 is 11.2 Å². The smallest absolute Gasteiger partial charge is 0.336 e. The van der Waals surface area contributed by atoms with Crippen molar-refractivity contribution >= 4 is 33.1 Å². The van der Waals surface area contributed by atoms with Crippen LogP contribution in [-0.4, -0.2) is 24.9 Å². The third kappa shape index (κ3) is 2.62. The van der Waals surface area contributed by atoms with Gasteiger partial charge in [-0.1, -0.05) is 27.9 Å². The van der Waals surface area contributed by atoms with Gasteiger partial charge in [-0.2, -0.15) is 0 Å². The first kappa shape index (κ1) is 12.8. The topological polar surface area (TPSA) is 85.1 Å². The molecule has 18 heavy (non-hydrogen) atoms. The molecule has 0 unspecified atom stereocenters. The van der Waals surface area contributed by atoms with Crippen molar-refractivity contribution in [1.82, 2.24) is 10.2 Å². The Morgan fingerprint density at radius 2 is 2.06 bits per heavy atom. The first-order valence-electron chi connectivity index (χ1n) is 4.93. The summed E-state index contributed by atoms with van der Waals surface area (Å²) < 4.78 is 27.3. The van der Waals surface area contributed by atoms with E-state index in [-0.39, 0.29) is 6.01 Å². The molecule has 1 heterocycles. The van der Waals surface area contributed by atoms with Crippen LogP contribution in [0.1, 0.15) is 5.56 Å². The second-order valence-electron chi connectivity index (χ2n) is 3.68. The summed E-state index contributed by atoms with van der Waals surface area (Å²) in [4.78, 5) is 0. The van der Waals surface area contributed by atoms with Crippen molar-refractivity contribution in [2.75, 3.05) is 11.6 Å². The first-order chi connectivity index (χ1) is 8.38. The van der Waals surface area contributed by atoms with Crippen LogP contribution in [0.3, 0.4) is 0 Å². The number of halogens is 1. The molecule has 0 spiro atoms. The second kappa shape index (κ2) is 4.58. The van der Waals surface area contributed by atoms with Gasteiger partial charge in [0.15, 0.2) is 0 Å². The minimum atomic E-state index is -3.50. The first-order valence-corrected chi connectivity index (χ1v) is 7.20. The van der Waals surface area contributed by atoms with Crippen LogP contribution in [0.25, 0.3) is 0 Å². The van der Waals surface area contributed by atoms with Gasteiger partial charge in [0.05, 0.1) is 0 Å². The zero-order valence-corrected chi connectivity index (χ0v) is 11.2. The van der Waals surface area contributed by atoms with Crippen LogP contribution in [-0.2, 0) is 9.84 Å². The summed E-state index contributed by atoms with van der Waals surface area (Å²) in [6.45, 7) is 1.82. The van der Waals surface area contributed by atoms with Crippen molar-refractivity contribution in [3.05, 3.63) is 28.8 Å². The predicted molar refractivity (Wildman–Crippen MR) is 66.9 cm³/mol. The highest BCUT2D eigenvalue weighted by molar-refractivity contribution is 7.90. The highest BCUT2D eigenvalue weighted by atomic mass is 35.5. The quantitative estimate of drug-likeness (QED) is 0.931. The van der Waals surface area contributed by atoms with Gasteiger partial charge in [0.25, 0.3) is 0 Å². The van der Waals surface area contributed by atoms with Crippen molar-refractivity contribution in [3.63, 3.8) is 0 Å². The Morgan fingerprint density at radius 1 is 1.33 bits per heavy atom. The number of hydrogen-bond acceptors (Lipinski definition) is 6. The Balaban J connectivity index is 2.30. The fourth-order valence-electron chi connectivity index (χ4n) is 1.27. The van der Waals surface area contributed by atoms with Crippen molar-refractivity contribution in [2.45, 2.75) is 12.1 Å². The SMILES string of the molecule is Cc1c(Cl)cccc1Nc1nnc(S(C)(=O)=O)o1. The fourth-order valence-corrected chi connectivity index (χ4v) is 1.86. The number of aromatic nitrogens is 2. The molecule has 1 N–H and O–H groups in total. The Bertz CT molecular complexity index is 681. The van der Waals surface area contributed by atoms with E-state index in [2.05, 4.69) is 15.5 Å². The lowest BCUT2D eigenvalue weighted by Gasteiger charge is -2.06. The summed E-state index contributed by atoms with van der Waals surface area (Å²) in [5, 5.41) is 10.0. The van der Waals surface area contributed by atoms with E-state index in [0.29, 0.717) is 10.7 Å². The summed E-state index contributed by atoms with van der Waals surface area (Å²) in [6, 6.07) is 5.27. The lowest BCUT2D eigenvalue weighted by molar-refractivity contribution is 0.444. The number of anilines is 2. The van der Waals surface area contributed by atoms with E-state index in [9.17, 15) is 8.42 Å². The van der Waals surface area contributed by atoms with E-state index in [1.165, 1.54) is 0 Å². The summed E-state index contributed by atoms with van der Waals surface area (Å²) in [5.41, 5.74) is 1.48. The van der Waals surface area contributed by atoms with Gasteiger partial charge in [-0.05, 0) is 24.6 Å². The van der Waals surface area contributed by atoms with Gasteiger partial charge in [-0.3, -0.25) is 0 Å². The van der Waals surface area contributed by atoms with E-state index in [0.717, 1.165) is 11.8 Å². The van der Waals surface area contributed by atoms with E-state index in [4.69, 9.17) is 16.0 Å². The van der Waals surface area contributed by atoms with E-state index in [1.54, 1.807) is 18.2 Å². The summed E-state index contributed by atoms with van der Waals surface area (Å²) >= 11 is 5.96. The summed E-state index contributed by atoms with van der Waals surface area (Å²) in [5.74, 6) is 0. The number of nitrogens with one attached hydrogen (secondary N) is 1. The van der Waals surface area contributed by atoms with Crippen LogP contribution in [0.5, 0.6) is 0 Å². The highest BCUT2D eigenvalue weighted by Gasteiger charge is 2.16. The minimum absolute atomic E-state index is 0.000733. The molecule has 0 fully saturated rings. The van der Waals surface area contributed by atoms with Crippen LogP contribution in [0.15, 0.2) is 27.8 Å². The molecule has 0 saturated carbocycles. The van der Waals surface area contributed by atoms with Crippen LogP contribution in [0.4, 0.5) is 11.7 Å². The number of hydrogen-bond donors (Lipinski definition) is 1. The third-order valence-electron chi connectivity index (χ3n) is 2.23. The van der Waals surface area contributed by atoms with E-state index < -0.39 is 15.1 Å². The Labute approximate surface area is 109 Å². The fraction of sp³-hybridized carbons (Fsp3) is 0.200. The summed E-state index contributed by atoms with van der Waals surface area (Å²) in [7, 11) is -3.50. The molecule has 2 aromatic rings. The molecule has 0 amide bonds. The normalized spacial score (nSPS) is 11.5. The average Bonchev–Trinajstić information content (AvgIpc) is 2.73. The van der Waals surface area contributed by atoms with Crippen molar-refractivity contribution in [1.29, 1.82) is 0 Å². The zero-order chi connectivity index (χ0) is 13.3. The van der Waals surface area contributed by atoms with Gasteiger partial charge in [0.1, 0.15) is 0 Å². The number of sulfone groups is 1. The average molecular weight is 288 g/mol. The van der Waals surface area contributed by atoms with Gasteiger partial charge < -0.3 is 9.73 Å². The molecule has 0 atom stereocenters. The molecule has 96 valence electrons. The van der Waals surface area contributed by atoms with Crippen molar-refractivity contribution in [2.24, 2.45) is 0 Å². The van der Waals surface area contributed by atoms with Gasteiger partial charge in [-0.15, -0.1) is 0 Å². The second-order valence-corrected chi connectivity index (χ2v) is 5.98. The zero-order valence-electron chi connectivity index (χ0n) is 9.64. The molecule has 1 aromatic carbocycles. The third-order valence-corrected chi connectivity index (χ3v) is 3.44. The number of nitrogens with zero attached hydrogens (tertiary/aromatic N) is 2. The van der Waals surface area contributed by atoms with E-state index >= 15 is 0 Å². The maximum absolute atomic E-state index is 11.2. The molecule has 0 aliphatic heterocycles. The number of benzene rings is 1.